The molecule has 8 heteroatoms. The molecule has 2 aromatic carbocycles. The molecule has 1 saturated heterocycles. The van der Waals surface area contributed by atoms with Crippen LogP contribution in [0.5, 0.6) is 5.75 Å². The standard InChI is InChI=1S/C26H31F3N2O3/c1-3-18-14-30(15-18)10-11-34-22-7-4-19(5-8-22)24-23-9-6-20(25(32)33)13-21(23)12-17(2)31(24)16-26(27,28)29/h4-9,13,17-18,24H,3,10-12,14-16H2,1-2H3,(H,32,33)/t17-,24-/m1/s1. The zero-order valence-electron chi connectivity index (χ0n) is 19.5. The van der Waals surface area contributed by atoms with Gasteiger partial charge in [0.2, 0.25) is 0 Å². The summed E-state index contributed by atoms with van der Waals surface area (Å²) in [6.07, 6.45) is -2.79. The Hall–Kier alpha value is -2.58. The minimum absolute atomic E-state index is 0.144. The van der Waals surface area contributed by atoms with Crippen molar-refractivity contribution in [1.29, 1.82) is 0 Å². The highest BCUT2D eigenvalue weighted by Gasteiger charge is 2.40. The molecule has 0 aliphatic carbocycles. The molecule has 2 aliphatic rings. The molecule has 2 aromatic rings. The highest BCUT2D eigenvalue weighted by Crippen LogP contribution is 2.40. The van der Waals surface area contributed by atoms with Crippen molar-refractivity contribution in [3.63, 3.8) is 0 Å². The Labute approximate surface area is 198 Å². The number of ether oxygens (including phenoxy) is 1. The monoisotopic (exact) mass is 476 g/mol. The number of rotatable bonds is 8. The molecule has 184 valence electrons. The normalized spacial score (nSPS) is 21.7. The van der Waals surface area contributed by atoms with E-state index in [9.17, 15) is 23.1 Å². The van der Waals surface area contributed by atoms with Crippen LogP contribution in [0.2, 0.25) is 0 Å². The Morgan fingerprint density at radius 1 is 1.15 bits per heavy atom. The Kier molecular flexibility index (Phi) is 7.19. The third-order valence-electron chi connectivity index (χ3n) is 6.94. The summed E-state index contributed by atoms with van der Waals surface area (Å²) in [7, 11) is 0. The lowest BCUT2D eigenvalue weighted by Crippen LogP contribution is -2.47. The fourth-order valence-electron chi connectivity index (χ4n) is 5.03. The lowest BCUT2D eigenvalue weighted by Gasteiger charge is -2.42. The van der Waals surface area contributed by atoms with Crippen LogP contribution in [0, 0.1) is 5.92 Å². The number of hydrogen-bond donors (Lipinski definition) is 1. The second kappa shape index (κ2) is 9.96. The van der Waals surface area contributed by atoms with Gasteiger partial charge in [-0.3, -0.25) is 9.80 Å². The fourth-order valence-corrected chi connectivity index (χ4v) is 5.03. The van der Waals surface area contributed by atoms with Crippen molar-refractivity contribution in [2.45, 2.75) is 44.9 Å². The van der Waals surface area contributed by atoms with Crippen LogP contribution in [0.4, 0.5) is 13.2 Å². The predicted molar refractivity (Wildman–Crippen MR) is 123 cm³/mol. The number of hydrogen-bond acceptors (Lipinski definition) is 4. The number of likely N-dealkylation sites (tertiary alicyclic amines) is 1. The summed E-state index contributed by atoms with van der Waals surface area (Å²) in [4.78, 5) is 15.2. The van der Waals surface area contributed by atoms with Gasteiger partial charge in [-0.05, 0) is 60.2 Å². The third kappa shape index (κ3) is 5.55. The molecule has 0 saturated carbocycles. The highest BCUT2D eigenvalue weighted by atomic mass is 19.4. The van der Waals surface area contributed by atoms with Crippen LogP contribution in [0.25, 0.3) is 0 Å². The maximum atomic E-state index is 13.5. The van der Waals surface area contributed by atoms with Crippen molar-refractivity contribution < 1.29 is 27.8 Å². The molecule has 5 nitrogen and oxygen atoms in total. The lowest BCUT2D eigenvalue weighted by molar-refractivity contribution is -0.155. The van der Waals surface area contributed by atoms with E-state index in [1.54, 1.807) is 31.2 Å². The number of aromatic carboxylic acids is 1. The van der Waals surface area contributed by atoms with E-state index in [1.807, 2.05) is 12.1 Å². The first-order chi connectivity index (χ1) is 16.1. The van der Waals surface area contributed by atoms with Crippen molar-refractivity contribution in [2.24, 2.45) is 5.92 Å². The maximum absolute atomic E-state index is 13.5. The number of alkyl halides is 3. The molecule has 0 radical (unpaired) electrons. The molecular formula is C26H31F3N2O3. The van der Waals surface area contributed by atoms with Crippen LogP contribution >= 0.6 is 0 Å². The topological polar surface area (TPSA) is 53.0 Å². The second-order valence-corrected chi connectivity index (χ2v) is 9.41. The highest BCUT2D eigenvalue weighted by molar-refractivity contribution is 5.88. The molecule has 4 rings (SSSR count). The van der Waals surface area contributed by atoms with Crippen LogP contribution in [-0.4, -0.2) is 65.9 Å². The molecule has 0 aromatic heterocycles. The molecule has 2 aliphatic heterocycles. The number of fused-ring (bicyclic) bond motifs is 1. The molecule has 34 heavy (non-hydrogen) atoms. The summed E-state index contributed by atoms with van der Waals surface area (Å²) >= 11 is 0. The SMILES string of the molecule is CCC1CN(CCOc2ccc([C@@H]3c4ccc(C(=O)O)cc4C[C@@H](C)N3CC(F)(F)F)cc2)C1. The van der Waals surface area contributed by atoms with Gasteiger partial charge in [-0.25, -0.2) is 4.79 Å². The second-order valence-electron chi connectivity index (χ2n) is 9.41. The summed E-state index contributed by atoms with van der Waals surface area (Å²) in [5, 5.41) is 9.34. The zero-order valence-corrected chi connectivity index (χ0v) is 19.5. The first-order valence-electron chi connectivity index (χ1n) is 11.8. The number of nitrogens with zero attached hydrogens (tertiary/aromatic N) is 2. The van der Waals surface area contributed by atoms with Crippen LogP contribution in [0.3, 0.4) is 0 Å². The fraction of sp³-hybridized carbons (Fsp3) is 0.500. The summed E-state index contributed by atoms with van der Waals surface area (Å²) in [5.41, 5.74) is 2.35. The van der Waals surface area contributed by atoms with Gasteiger partial charge in [-0.1, -0.05) is 31.5 Å². The quantitative estimate of drug-likeness (QED) is 0.581. The molecule has 1 fully saturated rings. The molecule has 0 amide bonds. The molecule has 0 bridgehead atoms. The van der Waals surface area contributed by atoms with E-state index in [-0.39, 0.29) is 5.56 Å². The molecular weight excluding hydrogens is 445 g/mol. The first kappa shape index (κ1) is 24.5. The van der Waals surface area contributed by atoms with E-state index in [1.165, 1.54) is 17.4 Å². The number of benzene rings is 2. The van der Waals surface area contributed by atoms with Crippen molar-refractivity contribution >= 4 is 5.97 Å². The largest absolute Gasteiger partial charge is 0.492 e. The van der Waals surface area contributed by atoms with Crippen LogP contribution < -0.4 is 4.74 Å². The van der Waals surface area contributed by atoms with E-state index < -0.39 is 30.8 Å². The van der Waals surface area contributed by atoms with Crippen LogP contribution in [0.1, 0.15) is 53.4 Å². The summed E-state index contributed by atoms with van der Waals surface area (Å²) in [5.74, 6) is 0.421. The van der Waals surface area contributed by atoms with Gasteiger partial charge in [0.05, 0.1) is 18.2 Å². The van der Waals surface area contributed by atoms with Gasteiger partial charge in [0.15, 0.2) is 0 Å². The number of halogens is 3. The van der Waals surface area contributed by atoms with E-state index in [0.717, 1.165) is 36.7 Å². The molecule has 1 N–H and O–H groups in total. The Morgan fingerprint density at radius 3 is 2.47 bits per heavy atom. The summed E-state index contributed by atoms with van der Waals surface area (Å²) < 4.78 is 46.2. The maximum Gasteiger partial charge on any atom is 0.401 e. The van der Waals surface area contributed by atoms with Gasteiger partial charge in [-0.2, -0.15) is 13.2 Å². The zero-order chi connectivity index (χ0) is 24.5. The van der Waals surface area contributed by atoms with Gasteiger partial charge >= 0.3 is 12.1 Å². The van der Waals surface area contributed by atoms with Crippen molar-refractivity contribution in [1.82, 2.24) is 9.80 Å². The lowest BCUT2D eigenvalue weighted by atomic mass is 9.84. The summed E-state index contributed by atoms with van der Waals surface area (Å²) in [6.45, 7) is 6.56. The number of carbonyl (C=O) groups is 1. The Bertz CT molecular complexity index is 1000. The summed E-state index contributed by atoms with van der Waals surface area (Å²) in [6, 6.07) is 10.9. The Balaban J connectivity index is 1.53. The third-order valence-corrected chi connectivity index (χ3v) is 6.94. The number of carboxylic acids is 1. The van der Waals surface area contributed by atoms with Crippen LogP contribution in [-0.2, 0) is 6.42 Å². The van der Waals surface area contributed by atoms with Gasteiger partial charge < -0.3 is 9.84 Å². The average Bonchev–Trinajstić information content (AvgIpc) is 2.75. The van der Waals surface area contributed by atoms with Gasteiger partial charge in [-0.15, -0.1) is 0 Å². The van der Waals surface area contributed by atoms with E-state index in [2.05, 4.69) is 11.8 Å². The number of carboxylic acid groups (broad SMARTS) is 1. The Morgan fingerprint density at radius 2 is 1.85 bits per heavy atom. The molecule has 0 spiro atoms. The minimum atomic E-state index is -4.35. The molecule has 2 heterocycles. The molecule has 0 unspecified atom stereocenters. The smallest absolute Gasteiger partial charge is 0.401 e. The van der Waals surface area contributed by atoms with Crippen LogP contribution in [0.15, 0.2) is 42.5 Å². The van der Waals surface area contributed by atoms with E-state index >= 15 is 0 Å². The van der Waals surface area contributed by atoms with Crippen molar-refractivity contribution in [3.8, 4) is 5.75 Å². The molecule has 2 atom stereocenters. The van der Waals surface area contributed by atoms with Crippen molar-refractivity contribution in [2.75, 3.05) is 32.8 Å². The van der Waals surface area contributed by atoms with E-state index in [4.69, 9.17) is 4.74 Å². The van der Waals surface area contributed by atoms with Gasteiger partial charge in [0.25, 0.3) is 0 Å². The minimum Gasteiger partial charge on any atom is -0.492 e. The van der Waals surface area contributed by atoms with E-state index in [0.29, 0.717) is 24.3 Å². The predicted octanol–water partition coefficient (Wildman–Crippen LogP) is 5.00. The van der Waals surface area contributed by atoms with Crippen molar-refractivity contribution in [3.05, 3.63) is 64.7 Å². The average molecular weight is 477 g/mol. The van der Waals surface area contributed by atoms with Gasteiger partial charge in [0.1, 0.15) is 12.4 Å². The van der Waals surface area contributed by atoms with Gasteiger partial charge in [0, 0.05) is 25.7 Å². The first-order valence-corrected chi connectivity index (χ1v) is 11.8.